The fraction of sp³-hybridized carbons (Fsp3) is 0.692. The predicted octanol–water partition coefficient (Wildman–Crippen LogP) is 2.60. The van der Waals surface area contributed by atoms with Crippen LogP contribution in [0.4, 0.5) is 0 Å². The minimum absolute atomic E-state index is 0.169. The fourth-order valence-electron chi connectivity index (χ4n) is 2.26. The first-order chi connectivity index (χ1) is 9.62. The molecule has 0 aliphatic heterocycles. The molecule has 120 valence electrons. The van der Waals surface area contributed by atoms with Crippen LogP contribution in [0.5, 0.6) is 0 Å². The molecular weight excluding hydrogens is 314 g/mol. The zero-order valence-corrected chi connectivity index (χ0v) is 14.4. The molecule has 0 spiro atoms. The fourth-order valence-corrected chi connectivity index (χ4v) is 3.57. The van der Waals surface area contributed by atoms with E-state index in [1.54, 1.807) is 0 Å². The Bertz CT molecular complexity index is 608. The van der Waals surface area contributed by atoms with Crippen LogP contribution in [0.1, 0.15) is 63.1 Å². The van der Waals surface area contributed by atoms with Gasteiger partial charge in [-0.3, -0.25) is 9.89 Å². The Morgan fingerprint density at radius 2 is 1.95 bits per heavy atom. The number of nitrogens with zero attached hydrogens (tertiary/aromatic N) is 1. The van der Waals surface area contributed by atoms with Crippen LogP contribution < -0.4 is 5.32 Å². The van der Waals surface area contributed by atoms with Gasteiger partial charge in [-0.1, -0.05) is 26.7 Å². The number of carbonyl (C=O) groups is 1. The summed E-state index contributed by atoms with van der Waals surface area (Å²) in [7, 11) is 1.42. The number of hydrogen-bond acceptors (Lipinski definition) is 4. The molecule has 8 heteroatoms. The van der Waals surface area contributed by atoms with Crippen molar-refractivity contribution in [2.45, 2.75) is 63.8 Å². The van der Waals surface area contributed by atoms with Crippen LogP contribution in [-0.4, -0.2) is 30.1 Å². The Labute approximate surface area is 130 Å². The average Bonchev–Trinajstić information content (AvgIpc) is 2.72. The van der Waals surface area contributed by atoms with E-state index in [2.05, 4.69) is 15.5 Å². The molecule has 21 heavy (non-hydrogen) atoms. The maximum atomic E-state index is 12.3. The van der Waals surface area contributed by atoms with E-state index in [9.17, 15) is 13.2 Å². The van der Waals surface area contributed by atoms with Crippen LogP contribution >= 0.6 is 10.7 Å². The largest absolute Gasteiger partial charge is 0.346 e. The number of aryl methyl sites for hydroxylation is 1. The van der Waals surface area contributed by atoms with Gasteiger partial charge in [0, 0.05) is 16.2 Å². The van der Waals surface area contributed by atoms with Gasteiger partial charge in [0.25, 0.3) is 15.0 Å². The van der Waals surface area contributed by atoms with Crippen molar-refractivity contribution < 1.29 is 13.2 Å². The molecule has 6 nitrogen and oxygen atoms in total. The summed E-state index contributed by atoms with van der Waals surface area (Å²) in [4.78, 5) is 12.1. The van der Waals surface area contributed by atoms with E-state index in [1.165, 1.54) is 0 Å². The lowest BCUT2D eigenvalue weighted by Gasteiger charge is -2.25. The van der Waals surface area contributed by atoms with Gasteiger partial charge < -0.3 is 5.32 Å². The van der Waals surface area contributed by atoms with Crippen molar-refractivity contribution in [2.75, 3.05) is 0 Å². The molecule has 0 radical (unpaired) electrons. The third-order valence-corrected chi connectivity index (χ3v) is 4.47. The summed E-state index contributed by atoms with van der Waals surface area (Å²) in [5.41, 5.74) is -0.244. The molecule has 0 aliphatic rings. The second kappa shape index (κ2) is 6.79. The highest BCUT2D eigenvalue weighted by Crippen LogP contribution is 2.24. The van der Waals surface area contributed by atoms with Crippen molar-refractivity contribution in [1.29, 1.82) is 0 Å². The first-order valence-corrected chi connectivity index (χ1v) is 9.27. The highest BCUT2D eigenvalue weighted by atomic mass is 35.7. The summed E-state index contributed by atoms with van der Waals surface area (Å²) in [6.07, 6.45) is 2.84. The number of nitrogens with one attached hydrogen (secondary N) is 2. The zero-order chi connectivity index (χ0) is 16.3. The van der Waals surface area contributed by atoms with Crippen molar-refractivity contribution in [1.82, 2.24) is 15.5 Å². The maximum absolute atomic E-state index is 12.3. The average molecular weight is 336 g/mol. The van der Waals surface area contributed by atoms with Crippen LogP contribution in [0.25, 0.3) is 0 Å². The molecule has 2 N–H and O–H groups in total. The third-order valence-electron chi connectivity index (χ3n) is 3.08. The van der Waals surface area contributed by atoms with E-state index in [0.29, 0.717) is 18.5 Å². The van der Waals surface area contributed by atoms with Gasteiger partial charge in [0.05, 0.1) is 5.69 Å². The van der Waals surface area contributed by atoms with Gasteiger partial charge in [0.1, 0.15) is 4.90 Å². The Morgan fingerprint density at radius 1 is 1.33 bits per heavy atom. The number of carbonyl (C=O) groups excluding carboxylic acids is 1. The van der Waals surface area contributed by atoms with Crippen LogP contribution in [-0.2, 0) is 15.5 Å². The number of halogens is 1. The molecular formula is C13H22ClN3O3S. The second-order valence-electron chi connectivity index (χ2n) is 5.66. The van der Waals surface area contributed by atoms with Crippen molar-refractivity contribution in [2.24, 2.45) is 0 Å². The number of hydrogen-bond donors (Lipinski definition) is 2. The van der Waals surface area contributed by atoms with Crippen LogP contribution in [0.3, 0.4) is 0 Å². The van der Waals surface area contributed by atoms with E-state index in [1.807, 2.05) is 27.7 Å². The van der Waals surface area contributed by atoms with Gasteiger partial charge in [0.15, 0.2) is 5.69 Å². The summed E-state index contributed by atoms with van der Waals surface area (Å²) in [5.74, 6) is -0.536. The van der Waals surface area contributed by atoms with E-state index in [0.717, 1.165) is 12.8 Å². The summed E-state index contributed by atoms with van der Waals surface area (Å²) >= 11 is 0. The van der Waals surface area contributed by atoms with E-state index in [-0.39, 0.29) is 10.6 Å². The van der Waals surface area contributed by atoms with Gasteiger partial charge in [0.2, 0.25) is 0 Å². The number of rotatable bonds is 7. The highest BCUT2D eigenvalue weighted by Gasteiger charge is 2.30. The summed E-state index contributed by atoms with van der Waals surface area (Å²) < 4.78 is 23.5. The standard InChI is InChI=1S/C13H22ClN3O3S/c1-5-7-9-11(21(14,19)20)10(17-16-9)12(18)15-13(3,4)8-6-2/h5-8H2,1-4H3,(H,15,18)(H,16,17). The number of aromatic amines is 1. The number of H-pyrrole nitrogens is 1. The smallest absolute Gasteiger partial charge is 0.273 e. The van der Waals surface area contributed by atoms with Crippen molar-refractivity contribution >= 4 is 25.6 Å². The predicted molar refractivity (Wildman–Crippen MR) is 82.1 cm³/mol. The second-order valence-corrected chi connectivity index (χ2v) is 8.16. The van der Waals surface area contributed by atoms with Gasteiger partial charge >= 0.3 is 0 Å². The SMILES string of the molecule is CCCc1[nH]nc(C(=O)NC(C)(C)CCC)c1S(=O)(=O)Cl. The Kier molecular flexibility index (Phi) is 5.81. The first kappa shape index (κ1) is 18.0. The molecule has 0 unspecified atom stereocenters. The lowest BCUT2D eigenvalue weighted by atomic mass is 9.99. The molecule has 1 aromatic rings. The first-order valence-electron chi connectivity index (χ1n) is 6.96. The normalized spacial score (nSPS) is 12.4. The number of amides is 1. The van der Waals surface area contributed by atoms with Crippen molar-refractivity contribution in [3.8, 4) is 0 Å². The van der Waals surface area contributed by atoms with Crippen LogP contribution in [0.2, 0.25) is 0 Å². The van der Waals surface area contributed by atoms with Crippen LogP contribution in [0.15, 0.2) is 4.90 Å². The topological polar surface area (TPSA) is 91.9 Å². The van der Waals surface area contributed by atoms with Crippen LogP contribution in [0, 0.1) is 0 Å². The molecule has 1 aromatic heterocycles. The maximum Gasteiger partial charge on any atom is 0.273 e. The summed E-state index contributed by atoms with van der Waals surface area (Å²) in [5, 5.41) is 9.25. The lowest BCUT2D eigenvalue weighted by molar-refractivity contribution is 0.0900. The highest BCUT2D eigenvalue weighted by molar-refractivity contribution is 8.13. The molecule has 0 atom stereocenters. The van der Waals surface area contributed by atoms with Crippen molar-refractivity contribution in [3.63, 3.8) is 0 Å². The monoisotopic (exact) mass is 335 g/mol. The van der Waals surface area contributed by atoms with E-state index >= 15 is 0 Å². The lowest BCUT2D eigenvalue weighted by Crippen LogP contribution is -2.43. The summed E-state index contributed by atoms with van der Waals surface area (Å²) in [6, 6.07) is 0. The third kappa shape index (κ3) is 4.71. The summed E-state index contributed by atoms with van der Waals surface area (Å²) in [6.45, 7) is 7.66. The van der Waals surface area contributed by atoms with Gasteiger partial charge in [-0.2, -0.15) is 5.10 Å². The minimum atomic E-state index is -4.04. The Balaban J connectivity index is 3.16. The minimum Gasteiger partial charge on any atom is -0.346 e. The van der Waals surface area contributed by atoms with Gasteiger partial charge in [-0.15, -0.1) is 0 Å². The van der Waals surface area contributed by atoms with Crippen molar-refractivity contribution in [3.05, 3.63) is 11.4 Å². The van der Waals surface area contributed by atoms with Gasteiger partial charge in [-0.25, -0.2) is 8.42 Å². The Hall–Kier alpha value is -1.08. The number of aromatic nitrogens is 2. The van der Waals surface area contributed by atoms with Gasteiger partial charge in [-0.05, 0) is 26.7 Å². The molecule has 1 heterocycles. The van der Waals surface area contributed by atoms with E-state index < -0.39 is 20.5 Å². The van der Waals surface area contributed by atoms with E-state index in [4.69, 9.17) is 10.7 Å². The molecule has 0 fully saturated rings. The molecule has 0 aromatic carbocycles. The molecule has 1 amide bonds. The Morgan fingerprint density at radius 3 is 2.43 bits per heavy atom. The molecule has 0 saturated carbocycles. The molecule has 0 bridgehead atoms. The molecule has 0 saturated heterocycles. The molecule has 0 aliphatic carbocycles. The zero-order valence-electron chi connectivity index (χ0n) is 12.8. The quantitative estimate of drug-likeness (QED) is 0.749. The molecule has 1 rings (SSSR count).